The van der Waals surface area contributed by atoms with Gasteiger partial charge in [0.05, 0.1) is 34.7 Å². The van der Waals surface area contributed by atoms with E-state index in [-0.39, 0.29) is 52.3 Å². The van der Waals surface area contributed by atoms with Crippen molar-refractivity contribution in [1.29, 1.82) is 0 Å². The molecule has 0 aliphatic carbocycles. The number of unbranched alkanes of at least 4 members (excludes halogenated alkanes) is 2. The van der Waals surface area contributed by atoms with Crippen molar-refractivity contribution in [3.8, 4) is 0 Å². The van der Waals surface area contributed by atoms with E-state index in [0.717, 1.165) is 33.7 Å². The van der Waals surface area contributed by atoms with E-state index in [2.05, 4.69) is 38.7 Å². The maximum atomic E-state index is 13.1. The zero-order chi connectivity index (χ0) is 62.0. The van der Waals surface area contributed by atoms with Crippen molar-refractivity contribution in [3.63, 3.8) is 0 Å². The molecule has 460 valence electrons. The molecule has 1 saturated heterocycles. The van der Waals surface area contributed by atoms with Crippen LogP contribution in [-0.2, 0) is 76.9 Å². The number of phosphoric ester groups is 1. The number of rotatable bonds is 26. The number of carbonyl (C=O) groups excluding carboxylic acids is 2. The van der Waals surface area contributed by atoms with Gasteiger partial charge >= 0.3 is 29.6 Å². The molecular weight excluding hydrogens is 1220 g/mol. The van der Waals surface area contributed by atoms with E-state index in [1.54, 1.807) is 19.2 Å². The van der Waals surface area contributed by atoms with Crippen molar-refractivity contribution < 1.29 is 106 Å². The summed E-state index contributed by atoms with van der Waals surface area (Å²) in [5.41, 5.74) is 7.49. The number of H-pyrrole nitrogens is 1. The highest BCUT2D eigenvalue weighted by Crippen LogP contribution is 2.66. The van der Waals surface area contributed by atoms with Gasteiger partial charge in [-0.05, 0) is 68.7 Å². The Morgan fingerprint density at radius 2 is 1.56 bits per heavy atom. The minimum atomic E-state index is -5.92. The van der Waals surface area contributed by atoms with Gasteiger partial charge in [0, 0.05) is 74.1 Å². The molecule has 0 radical (unpaired) electrons. The zero-order valence-electron chi connectivity index (χ0n) is 45.4. The first-order valence-corrected chi connectivity index (χ1v) is 32.7. The Balaban J connectivity index is 0.952. The Kier molecular flexibility index (Phi) is 20.0. The van der Waals surface area contributed by atoms with Gasteiger partial charge in [-0.2, -0.15) is 35.0 Å². The third kappa shape index (κ3) is 15.6. The number of benzene rings is 2. The van der Waals surface area contributed by atoms with Crippen molar-refractivity contribution in [1.82, 2.24) is 30.2 Å². The SMILES string of the molecule is COCCN1C(=CC=CC=CC2=[N+](CCCCCC(=O)NCCNC(=O)O[C@@H]3[C@H](O)[C@@H](COP(=O)(O)OP(=O)(O)OP(=O)(O)O)O[C@H]3n3cnc4c(=O)[nH]c(N)nc43)c3ccc(S(=O)(=O)O)cc3C2(C)C)C(C)(C)c2cc(S(=O)(=O)O)ccc21. The number of hydrogen-bond donors (Lipinski definition) is 11. The highest BCUT2D eigenvalue weighted by molar-refractivity contribution is 7.86. The fourth-order valence-electron chi connectivity index (χ4n) is 9.81. The summed E-state index contributed by atoms with van der Waals surface area (Å²) in [6.07, 6.45) is 3.72. The molecule has 0 spiro atoms. The number of hydrogen-bond acceptors (Lipinski definition) is 21. The number of nitrogens with one attached hydrogen (secondary N) is 3. The molecule has 6 atom stereocenters. The molecule has 0 bridgehead atoms. The van der Waals surface area contributed by atoms with Crippen LogP contribution in [0, 0.1) is 0 Å². The van der Waals surface area contributed by atoms with Gasteiger partial charge in [-0.25, -0.2) is 23.5 Å². The quantitative estimate of drug-likeness (QED) is 0.0141. The van der Waals surface area contributed by atoms with Crippen LogP contribution in [0.1, 0.15) is 70.7 Å². The van der Waals surface area contributed by atoms with E-state index in [1.165, 1.54) is 24.3 Å². The zero-order valence-corrected chi connectivity index (χ0v) is 49.8. The molecule has 1 fully saturated rings. The minimum Gasteiger partial charge on any atom is -0.439 e. The van der Waals surface area contributed by atoms with Crippen LogP contribution in [0.5, 0.6) is 0 Å². The molecule has 37 heteroatoms. The Labute approximate surface area is 480 Å². The number of amides is 2. The third-order valence-corrected chi connectivity index (χ3v) is 19.2. The largest absolute Gasteiger partial charge is 0.490 e. The summed E-state index contributed by atoms with van der Waals surface area (Å²) in [6.45, 7) is 7.54. The van der Waals surface area contributed by atoms with Crippen LogP contribution in [0.25, 0.3) is 11.2 Å². The molecule has 4 aromatic rings. The van der Waals surface area contributed by atoms with E-state index >= 15 is 0 Å². The van der Waals surface area contributed by atoms with Crippen LogP contribution in [0.4, 0.5) is 22.1 Å². The number of nitrogens with zero attached hydrogens (tertiary/aromatic N) is 5. The van der Waals surface area contributed by atoms with Gasteiger partial charge < -0.3 is 60.2 Å². The highest BCUT2D eigenvalue weighted by atomic mass is 32.2. The second kappa shape index (κ2) is 25.6. The summed E-state index contributed by atoms with van der Waals surface area (Å²) in [5.74, 6) is -0.742. The normalized spacial score (nSPS) is 21.5. The van der Waals surface area contributed by atoms with Crippen molar-refractivity contribution in [2.24, 2.45) is 0 Å². The fraction of sp³-hybridized carbons (Fsp3) is 0.447. The number of allylic oxidation sites excluding steroid dienone is 6. The number of methoxy groups -OCH3 is 1. The molecule has 2 aromatic carbocycles. The number of imidazole rings is 1. The number of carbonyl (C=O) groups is 2. The Morgan fingerprint density at radius 3 is 2.23 bits per heavy atom. The number of aromatic nitrogens is 4. The first-order chi connectivity index (χ1) is 39.0. The number of aliphatic hydroxyl groups excluding tert-OH is 1. The van der Waals surface area contributed by atoms with Gasteiger partial charge in [0.1, 0.15) is 18.8 Å². The molecule has 2 unspecified atom stereocenters. The molecule has 3 aliphatic rings. The Hall–Kier alpha value is -5.87. The van der Waals surface area contributed by atoms with E-state index in [0.29, 0.717) is 50.1 Å². The molecule has 12 N–H and O–H groups in total. The first-order valence-electron chi connectivity index (χ1n) is 25.3. The number of aromatic amines is 1. The third-order valence-electron chi connectivity index (χ3n) is 13.7. The molecule has 5 heterocycles. The van der Waals surface area contributed by atoms with Gasteiger partial charge in [-0.1, -0.05) is 32.1 Å². The minimum absolute atomic E-state index is 0.0862. The van der Waals surface area contributed by atoms with Gasteiger partial charge in [-0.15, -0.1) is 0 Å². The fourth-order valence-corrected chi connectivity index (χ4v) is 13.9. The number of nitrogens with two attached hydrogens (primary N) is 1. The first kappa shape index (κ1) is 65.7. The number of aliphatic hydroxyl groups is 1. The summed E-state index contributed by atoms with van der Waals surface area (Å²) in [6, 6.07) is 8.86. The lowest BCUT2D eigenvalue weighted by Gasteiger charge is -2.26. The van der Waals surface area contributed by atoms with E-state index in [9.17, 15) is 68.9 Å². The number of nitrogen functional groups attached to an aromatic ring is 1. The van der Waals surface area contributed by atoms with Crippen LogP contribution in [0.2, 0.25) is 0 Å². The monoisotopic (exact) mass is 1280 g/mol. The van der Waals surface area contributed by atoms with Crippen molar-refractivity contribution in [2.45, 2.75) is 98.5 Å². The lowest BCUT2D eigenvalue weighted by Crippen LogP contribution is -2.41. The number of fused-ring (bicyclic) bond motifs is 3. The summed E-state index contributed by atoms with van der Waals surface area (Å²) < 4.78 is 135. The van der Waals surface area contributed by atoms with Crippen molar-refractivity contribution in [3.05, 3.63) is 100 Å². The van der Waals surface area contributed by atoms with Crippen LogP contribution < -0.4 is 26.8 Å². The lowest BCUT2D eigenvalue weighted by molar-refractivity contribution is -0.438. The average molecular weight is 1280 g/mol. The summed E-state index contributed by atoms with van der Waals surface area (Å²) in [5, 5.41) is 16.3. The molecule has 7 rings (SSSR count). The summed E-state index contributed by atoms with van der Waals surface area (Å²) in [7, 11) is -24.8. The van der Waals surface area contributed by atoms with Crippen LogP contribution in [0.3, 0.4) is 0 Å². The molecule has 0 saturated carbocycles. The smallest absolute Gasteiger partial charge is 0.439 e. The standard InChI is InChI=1S/C47H62N9O23P3S2/c1-46(2)30-24-28(83(68,69)70)15-17-32(30)54(35(46)12-8-6-9-13-36-47(3,4)31-25-29(84(71,72)73)16-18-33(31)55(36)22-23-74-5)21-11-7-10-14-37(57)49-19-20-50-45(60)77-40-39(58)34(26-75-81(64,65)79-82(66,67)78-80(61,62)63)76-43(40)56-27-51-38-41(56)52-44(48)53-42(38)59/h6,8-9,12-13,15-18,24-25,27,34,39-40,43,58H,7,10-11,14,19-23,26H2,1-5H3,(H10-,48,49,50,52,53,57,59,60,61,62,63,64,65,66,67,68,69,70,71,72,73)/p+1/t34-,39-,40-,43-/m1/s1. The molecule has 84 heavy (non-hydrogen) atoms. The van der Waals surface area contributed by atoms with Crippen LogP contribution in [-0.4, -0.2) is 157 Å². The predicted octanol–water partition coefficient (Wildman–Crippen LogP) is 3.09. The summed E-state index contributed by atoms with van der Waals surface area (Å²) >= 11 is 0. The highest BCUT2D eigenvalue weighted by Gasteiger charge is 2.50. The van der Waals surface area contributed by atoms with E-state index < -0.39 is 97.3 Å². The second-order valence-electron chi connectivity index (χ2n) is 20.2. The van der Waals surface area contributed by atoms with E-state index in [4.69, 9.17) is 29.7 Å². The van der Waals surface area contributed by atoms with Gasteiger partial charge in [0.25, 0.3) is 25.8 Å². The number of alkyl carbamates (subject to hydrolysis) is 1. The summed E-state index contributed by atoms with van der Waals surface area (Å²) in [4.78, 5) is 87.4. The molecular formula is C47H63N9O23P3S2+. The maximum Gasteiger partial charge on any atom is 0.490 e. The average Bonchev–Trinajstić information content (AvgIpc) is 1.88. The topological polar surface area (TPSA) is 471 Å². The molecule has 3 aliphatic heterocycles. The number of anilines is 2. The number of ether oxygens (including phenoxy) is 3. The van der Waals surface area contributed by atoms with Crippen molar-refractivity contribution >= 4 is 89.9 Å². The van der Waals surface area contributed by atoms with Gasteiger partial charge in [-0.3, -0.25) is 32.8 Å². The second-order valence-corrected chi connectivity index (χ2v) is 27.5. The van der Waals surface area contributed by atoms with Crippen LogP contribution >= 0.6 is 23.5 Å². The molecule has 32 nitrogen and oxygen atoms in total. The van der Waals surface area contributed by atoms with Crippen LogP contribution in [0.15, 0.2) is 93.4 Å². The molecule has 2 amide bonds. The Morgan fingerprint density at radius 1 is 0.893 bits per heavy atom. The number of phosphoric acid groups is 3. The van der Waals surface area contributed by atoms with E-state index in [1.807, 2.05) is 67.6 Å². The maximum absolute atomic E-state index is 13.1. The van der Waals surface area contributed by atoms with Crippen molar-refractivity contribution in [2.75, 3.05) is 57.1 Å². The lowest BCUT2D eigenvalue weighted by atomic mass is 9.81. The van der Waals surface area contributed by atoms with Gasteiger partial charge in [0.15, 0.2) is 29.2 Å². The van der Waals surface area contributed by atoms with Gasteiger partial charge in [0.2, 0.25) is 17.5 Å². The Bertz CT molecular complexity index is 3770. The predicted molar refractivity (Wildman–Crippen MR) is 296 cm³/mol. The molecule has 2 aromatic heterocycles.